The zero-order valence-electron chi connectivity index (χ0n) is 11.9. The molecule has 0 radical (unpaired) electrons. The van der Waals surface area contributed by atoms with Crippen molar-refractivity contribution >= 4 is 23.0 Å². The van der Waals surface area contributed by atoms with E-state index in [4.69, 9.17) is 5.73 Å². The van der Waals surface area contributed by atoms with Crippen LogP contribution in [0.5, 0.6) is 0 Å². The van der Waals surface area contributed by atoms with Crippen molar-refractivity contribution in [2.24, 2.45) is 5.73 Å². The number of nitrogens with two attached hydrogens (primary N) is 1. The summed E-state index contributed by atoms with van der Waals surface area (Å²) in [5.41, 5.74) is 7.25. The number of primary amides is 1. The number of aromatic nitrogens is 2. The molecule has 2 amide bonds. The zero-order chi connectivity index (χ0) is 15.7. The van der Waals surface area contributed by atoms with Crippen LogP contribution in [0.25, 0.3) is 5.52 Å². The lowest BCUT2D eigenvalue weighted by Crippen LogP contribution is -2.14. The van der Waals surface area contributed by atoms with Crippen LogP contribution in [0.2, 0.25) is 0 Å². The SMILES string of the molecule is Cc1nc(C(=O)Nc2ccc(C(N)=O)cc2)c2ccccn12. The van der Waals surface area contributed by atoms with Crippen molar-refractivity contribution in [3.63, 3.8) is 0 Å². The van der Waals surface area contributed by atoms with E-state index < -0.39 is 5.91 Å². The van der Waals surface area contributed by atoms with Gasteiger partial charge >= 0.3 is 0 Å². The Bertz CT molecular complexity index is 865. The first-order chi connectivity index (χ1) is 10.6. The van der Waals surface area contributed by atoms with Crippen molar-refractivity contribution < 1.29 is 9.59 Å². The first-order valence-electron chi connectivity index (χ1n) is 6.71. The van der Waals surface area contributed by atoms with Crippen LogP contribution in [0.3, 0.4) is 0 Å². The maximum Gasteiger partial charge on any atom is 0.276 e. The molecule has 0 saturated carbocycles. The summed E-state index contributed by atoms with van der Waals surface area (Å²) in [4.78, 5) is 27.7. The first-order valence-corrected chi connectivity index (χ1v) is 6.71. The number of carbonyl (C=O) groups excluding carboxylic acids is 2. The normalized spacial score (nSPS) is 10.6. The smallest absolute Gasteiger partial charge is 0.276 e. The van der Waals surface area contributed by atoms with E-state index in [1.807, 2.05) is 35.7 Å². The number of benzene rings is 1. The van der Waals surface area contributed by atoms with Crippen LogP contribution in [0.4, 0.5) is 5.69 Å². The molecule has 3 aromatic rings. The minimum absolute atomic E-state index is 0.302. The molecular formula is C16H14N4O2. The quantitative estimate of drug-likeness (QED) is 0.774. The fraction of sp³-hybridized carbons (Fsp3) is 0.0625. The van der Waals surface area contributed by atoms with Crippen molar-refractivity contribution in [1.82, 2.24) is 9.38 Å². The van der Waals surface area contributed by atoms with Crippen LogP contribution >= 0.6 is 0 Å². The van der Waals surface area contributed by atoms with Crippen LogP contribution in [-0.2, 0) is 0 Å². The van der Waals surface area contributed by atoms with Gasteiger partial charge in [-0.1, -0.05) is 6.07 Å². The molecule has 3 N–H and O–H groups in total. The number of hydrogen-bond donors (Lipinski definition) is 2. The summed E-state index contributed by atoms with van der Waals surface area (Å²) >= 11 is 0. The lowest BCUT2D eigenvalue weighted by molar-refractivity contribution is 0.0998. The van der Waals surface area contributed by atoms with Gasteiger partial charge < -0.3 is 15.5 Å². The molecule has 0 aliphatic heterocycles. The van der Waals surface area contributed by atoms with Gasteiger partial charge in [0.15, 0.2) is 5.69 Å². The minimum atomic E-state index is -0.506. The van der Waals surface area contributed by atoms with E-state index in [2.05, 4.69) is 10.3 Å². The molecule has 0 aliphatic rings. The molecule has 22 heavy (non-hydrogen) atoms. The minimum Gasteiger partial charge on any atom is -0.366 e. The Morgan fingerprint density at radius 3 is 2.55 bits per heavy atom. The van der Waals surface area contributed by atoms with Gasteiger partial charge in [-0.3, -0.25) is 9.59 Å². The molecule has 0 atom stereocenters. The van der Waals surface area contributed by atoms with Crippen molar-refractivity contribution in [1.29, 1.82) is 0 Å². The second-order valence-electron chi connectivity index (χ2n) is 4.86. The molecule has 2 heterocycles. The number of carbonyl (C=O) groups is 2. The number of imidazole rings is 1. The van der Waals surface area contributed by atoms with E-state index in [1.54, 1.807) is 24.3 Å². The molecule has 0 bridgehead atoms. The van der Waals surface area contributed by atoms with E-state index in [0.717, 1.165) is 11.3 Å². The highest BCUT2D eigenvalue weighted by molar-refractivity contribution is 6.07. The van der Waals surface area contributed by atoms with Gasteiger partial charge in [0.25, 0.3) is 5.91 Å². The summed E-state index contributed by atoms with van der Waals surface area (Å²) < 4.78 is 1.85. The van der Waals surface area contributed by atoms with Crippen LogP contribution in [-0.4, -0.2) is 21.2 Å². The topological polar surface area (TPSA) is 89.5 Å². The second kappa shape index (κ2) is 5.33. The number of fused-ring (bicyclic) bond motifs is 1. The number of aryl methyl sites for hydroxylation is 1. The first kappa shape index (κ1) is 13.8. The van der Waals surface area contributed by atoms with Crippen molar-refractivity contribution in [3.8, 4) is 0 Å². The lowest BCUT2D eigenvalue weighted by Gasteiger charge is -2.04. The Kier molecular flexibility index (Phi) is 3.34. The molecule has 0 fully saturated rings. The lowest BCUT2D eigenvalue weighted by atomic mass is 10.2. The van der Waals surface area contributed by atoms with E-state index in [9.17, 15) is 9.59 Å². The molecule has 6 nitrogen and oxygen atoms in total. The molecule has 0 unspecified atom stereocenters. The van der Waals surface area contributed by atoms with Gasteiger partial charge in [-0.05, 0) is 43.3 Å². The van der Waals surface area contributed by atoms with E-state index in [-0.39, 0.29) is 5.91 Å². The van der Waals surface area contributed by atoms with Gasteiger partial charge in [0.2, 0.25) is 5.91 Å². The molecule has 0 saturated heterocycles. The Morgan fingerprint density at radius 1 is 1.14 bits per heavy atom. The summed E-state index contributed by atoms with van der Waals surface area (Å²) in [7, 11) is 0. The van der Waals surface area contributed by atoms with Gasteiger partial charge in [-0.2, -0.15) is 0 Å². The summed E-state index contributed by atoms with van der Waals surface area (Å²) in [5, 5.41) is 2.76. The molecule has 3 rings (SSSR count). The number of rotatable bonds is 3. The van der Waals surface area contributed by atoms with Crippen LogP contribution < -0.4 is 11.1 Å². The standard InChI is InChI=1S/C16H14N4O2/c1-10-18-14(13-4-2-3-9-20(10)13)16(22)19-12-7-5-11(6-8-12)15(17)21/h2-9H,1H3,(H2,17,21)(H,19,22). The molecule has 110 valence electrons. The third-order valence-electron chi connectivity index (χ3n) is 3.37. The van der Waals surface area contributed by atoms with E-state index in [1.165, 1.54) is 0 Å². The molecule has 0 spiro atoms. The average molecular weight is 294 g/mol. The number of anilines is 1. The molecule has 1 aromatic carbocycles. The van der Waals surface area contributed by atoms with Gasteiger partial charge in [0, 0.05) is 17.4 Å². The number of pyridine rings is 1. The molecule has 2 aromatic heterocycles. The van der Waals surface area contributed by atoms with Gasteiger partial charge in [-0.25, -0.2) is 4.98 Å². The predicted octanol–water partition coefficient (Wildman–Crippen LogP) is 1.99. The molecule has 0 aliphatic carbocycles. The van der Waals surface area contributed by atoms with Crippen molar-refractivity contribution in [3.05, 3.63) is 65.7 Å². The fourth-order valence-corrected chi connectivity index (χ4v) is 2.27. The third-order valence-corrected chi connectivity index (χ3v) is 3.37. The Balaban J connectivity index is 1.89. The predicted molar refractivity (Wildman–Crippen MR) is 82.8 cm³/mol. The second-order valence-corrected chi connectivity index (χ2v) is 4.86. The number of amides is 2. The van der Waals surface area contributed by atoms with Gasteiger partial charge in [-0.15, -0.1) is 0 Å². The van der Waals surface area contributed by atoms with Crippen LogP contribution in [0.15, 0.2) is 48.7 Å². The monoisotopic (exact) mass is 294 g/mol. The van der Waals surface area contributed by atoms with Crippen LogP contribution in [0.1, 0.15) is 26.7 Å². The summed E-state index contributed by atoms with van der Waals surface area (Å²) in [6.45, 7) is 1.84. The number of nitrogens with one attached hydrogen (secondary N) is 1. The third kappa shape index (κ3) is 2.42. The largest absolute Gasteiger partial charge is 0.366 e. The van der Waals surface area contributed by atoms with Crippen molar-refractivity contribution in [2.45, 2.75) is 6.92 Å². The highest BCUT2D eigenvalue weighted by atomic mass is 16.2. The van der Waals surface area contributed by atoms with E-state index >= 15 is 0 Å². The Morgan fingerprint density at radius 2 is 1.86 bits per heavy atom. The highest BCUT2D eigenvalue weighted by Gasteiger charge is 2.15. The molecular weight excluding hydrogens is 280 g/mol. The van der Waals surface area contributed by atoms with E-state index in [0.29, 0.717) is 16.9 Å². The van der Waals surface area contributed by atoms with Crippen LogP contribution in [0, 0.1) is 6.92 Å². The number of nitrogens with zero attached hydrogens (tertiary/aromatic N) is 2. The number of hydrogen-bond acceptors (Lipinski definition) is 3. The maximum atomic E-state index is 12.4. The summed E-state index contributed by atoms with van der Waals surface area (Å²) in [5.74, 6) is -0.0675. The summed E-state index contributed by atoms with van der Waals surface area (Å²) in [6.07, 6.45) is 1.86. The zero-order valence-corrected chi connectivity index (χ0v) is 11.9. The Labute approximate surface area is 126 Å². The average Bonchev–Trinajstić information content (AvgIpc) is 2.86. The fourth-order valence-electron chi connectivity index (χ4n) is 2.27. The maximum absolute atomic E-state index is 12.4. The highest BCUT2D eigenvalue weighted by Crippen LogP contribution is 2.15. The summed E-state index contributed by atoms with van der Waals surface area (Å²) in [6, 6.07) is 12.0. The van der Waals surface area contributed by atoms with Gasteiger partial charge in [0.1, 0.15) is 5.82 Å². The Hall–Kier alpha value is -3.15. The van der Waals surface area contributed by atoms with Gasteiger partial charge in [0.05, 0.1) is 5.52 Å². The molecule has 6 heteroatoms. The van der Waals surface area contributed by atoms with Crippen molar-refractivity contribution in [2.75, 3.05) is 5.32 Å².